The van der Waals surface area contributed by atoms with Crippen molar-refractivity contribution in [3.05, 3.63) is 82.9 Å². The highest BCUT2D eigenvalue weighted by atomic mass is 35.5. The molecule has 0 atom stereocenters. The van der Waals surface area contributed by atoms with E-state index < -0.39 is 10.0 Å². The van der Waals surface area contributed by atoms with Crippen LogP contribution in [0.15, 0.2) is 71.6 Å². The second-order valence-corrected chi connectivity index (χ2v) is 8.81. The van der Waals surface area contributed by atoms with Gasteiger partial charge in [-0.3, -0.25) is 9.52 Å². The van der Waals surface area contributed by atoms with Crippen molar-refractivity contribution in [2.75, 3.05) is 16.6 Å². The lowest BCUT2D eigenvalue weighted by Crippen LogP contribution is -2.20. The summed E-state index contributed by atoms with van der Waals surface area (Å²) in [6.07, 6.45) is 0. The van der Waals surface area contributed by atoms with Crippen molar-refractivity contribution >= 4 is 38.9 Å². The Kier molecular flexibility index (Phi) is 6.64. The molecule has 3 aromatic rings. The normalized spacial score (nSPS) is 11.0. The van der Waals surface area contributed by atoms with Gasteiger partial charge in [-0.25, -0.2) is 8.42 Å². The summed E-state index contributed by atoms with van der Waals surface area (Å²) in [5, 5.41) is 3.07. The predicted molar refractivity (Wildman–Crippen MR) is 119 cm³/mol. The maximum absolute atomic E-state index is 12.6. The van der Waals surface area contributed by atoms with Crippen molar-refractivity contribution in [2.45, 2.75) is 18.7 Å². The lowest BCUT2D eigenvalue weighted by atomic mass is 10.1. The Balaban J connectivity index is 1.62. The number of aryl methyl sites for hydroxylation is 2. The molecule has 0 aliphatic heterocycles. The van der Waals surface area contributed by atoms with Crippen molar-refractivity contribution in [3.8, 4) is 5.75 Å². The largest absolute Gasteiger partial charge is 0.482 e. The van der Waals surface area contributed by atoms with Crippen LogP contribution in [0.3, 0.4) is 0 Å². The molecule has 0 heterocycles. The van der Waals surface area contributed by atoms with E-state index in [1.165, 1.54) is 24.3 Å². The van der Waals surface area contributed by atoms with Crippen molar-refractivity contribution in [3.63, 3.8) is 0 Å². The lowest BCUT2D eigenvalue weighted by Gasteiger charge is -2.12. The molecule has 0 saturated heterocycles. The summed E-state index contributed by atoms with van der Waals surface area (Å²) in [5.41, 5.74) is 2.86. The van der Waals surface area contributed by atoms with Gasteiger partial charge in [0.1, 0.15) is 5.75 Å². The molecule has 0 aliphatic carbocycles. The van der Waals surface area contributed by atoms with E-state index in [-0.39, 0.29) is 17.4 Å². The Morgan fingerprint density at radius 3 is 2.37 bits per heavy atom. The van der Waals surface area contributed by atoms with Crippen LogP contribution in [-0.2, 0) is 14.8 Å². The molecule has 0 aliphatic rings. The van der Waals surface area contributed by atoms with E-state index >= 15 is 0 Å². The van der Waals surface area contributed by atoms with E-state index in [1.54, 1.807) is 30.3 Å². The minimum absolute atomic E-state index is 0.0905. The highest BCUT2D eigenvalue weighted by molar-refractivity contribution is 7.92. The third kappa shape index (κ3) is 5.52. The third-order valence-electron chi connectivity index (χ3n) is 4.27. The summed E-state index contributed by atoms with van der Waals surface area (Å²) in [6.45, 7) is 3.56. The summed E-state index contributed by atoms with van der Waals surface area (Å²) in [6, 6.07) is 18.2. The highest BCUT2D eigenvalue weighted by Crippen LogP contribution is 2.24. The molecular weight excluding hydrogens is 424 g/mol. The van der Waals surface area contributed by atoms with Gasteiger partial charge in [0.2, 0.25) is 0 Å². The molecule has 3 aromatic carbocycles. The average Bonchev–Trinajstić information content (AvgIpc) is 2.70. The maximum Gasteiger partial charge on any atom is 0.262 e. The molecule has 0 radical (unpaired) electrons. The molecule has 3 rings (SSSR count). The summed E-state index contributed by atoms with van der Waals surface area (Å²) < 4.78 is 33.2. The van der Waals surface area contributed by atoms with Crippen LogP contribution >= 0.6 is 11.6 Å². The number of carbonyl (C=O) groups is 1. The van der Waals surface area contributed by atoms with Gasteiger partial charge in [-0.15, -0.1) is 0 Å². The molecule has 8 heteroatoms. The smallest absolute Gasteiger partial charge is 0.262 e. The number of nitrogens with one attached hydrogen (secondary N) is 2. The van der Waals surface area contributed by atoms with Crippen LogP contribution in [0.4, 0.5) is 11.4 Å². The first kappa shape index (κ1) is 21.7. The summed E-state index contributed by atoms with van der Waals surface area (Å²) in [7, 11) is -3.75. The van der Waals surface area contributed by atoms with Crippen molar-refractivity contribution < 1.29 is 17.9 Å². The van der Waals surface area contributed by atoms with Gasteiger partial charge in [-0.05, 0) is 61.9 Å². The minimum Gasteiger partial charge on any atom is -0.482 e. The predicted octanol–water partition coefficient (Wildman–Crippen LogP) is 4.78. The van der Waals surface area contributed by atoms with Crippen LogP contribution in [-0.4, -0.2) is 20.9 Å². The van der Waals surface area contributed by atoms with E-state index in [0.717, 1.165) is 11.1 Å². The van der Waals surface area contributed by atoms with Crippen LogP contribution in [0.2, 0.25) is 5.02 Å². The molecule has 2 N–H and O–H groups in total. The Morgan fingerprint density at radius 1 is 1.00 bits per heavy atom. The van der Waals surface area contributed by atoms with Gasteiger partial charge < -0.3 is 10.1 Å². The van der Waals surface area contributed by atoms with Gasteiger partial charge in [0.15, 0.2) is 6.61 Å². The van der Waals surface area contributed by atoms with Crippen LogP contribution in [0, 0.1) is 13.8 Å². The molecule has 0 saturated carbocycles. The number of amides is 1. The van der Waals surface area contributed by atoms with Crippen molar-refractivity contribution in [1.82, 2.24) is 0 Å². The topological polar surface area (TPSA) is 84.5 Å². The summed E-state index contributed by atoms with van der Waals surface area (Å²) in [5.74, 6) is 0.0205. The number of ether oxygens (including phenoxy) is 1. The van der Waals surface area contributed by atoms with E-state index in [2.05, 4.69) is 10.0 Å². The zero-order valence-electron chi connectivity index (χ0n) is 16.5. The van der Waals surface area contributed by atoms with E-state index in [1.807, 2.05) is 26.0 Å². The number of para-hydroxylation sites is 1. The Morgan fingerprint density at radius 2 is 1.70 bits per heavy atom. The third-order valence-corrected chi connectivity index (χ3v) is 5.96. The van der Waals surface area contributed by atoms with E-state index in [4.69, 9.17) is 16.3 Å². The van der Waals surface area contributed by atoms with Crippen LogP contribution in [0.5, 0.6) is 5.75 Å². The molecule has 156 valence electrons. The van der Waals surface area contributed by atoms with Gasteiger partial charge in [0, 0.05) is 5.69 Å². The quantitative estimate of drug-likeness (QED) is 0.549. The number of hydrogen-bond acceptors (Lipinski definition) is 4. The second kappa shape index (κ2) is 9.19. The highest BCUT2D eigenvalue weighted by Gasteiger charge is 2.15. The summed E-state index contributed by atoms with van der Waals surface area (Å²) >= 11 is 5.98. The second-order valence-electron chi connectivity index (χ2n) is 6.72. The zero-order valence-corrected chi connectivity index (χ0v) is 18.0. The average molecular weight is 445 g/mol. The van der Waals surface area contributed by atoms with Crippen LogP contribution in [0.25, 0.3) is 0 Å². The van der Waals surface area contributed by atoms with Crippen molar-refractivity contribution in [2.24, 2.45) is 0 Å². The first-order valence-corrected chi connectivity index (χ1v) is 11.0. The lowest BCUT2D eigenvalue weighted by molar-refractivity contribution is -0.118. The minimum atomic E-state index is -3.75. The van der Waals surface area contributed by atoms with E-state index in [0.29, 0.717) is 22.1 Å². The molecule has 1 amide bonds. The van der Waals surface area contributed by atoms with E-state index in [9.17, 15) is 13.2 Å². The molecule has 0 unspecified atom stereocenters. The SMILES string of the molecule is Cc1ccc(NS(=O)(=O)c2ccc(NC(=O)COc3ccccc3Cl)cc2)c(C)c1. The number of sulfonamides is 1. The molecule has 0 fully saturated rings. The number of benzene rings is 3. The van der Waals surface area contributed by atoms with Crippen LogP contribution in [0.1, 0.15) is 11.1 Å². The molecule has 30 heavy (non-hydrogen) atoms. The van der Waals surface area contributed by atoms with Gasteiger partial charge in [0.05, 0.1) is 15.6 Å². The standard InChI is InChI=1S/C22H21ClN2O4S/c1-15-7-12-20(16(2)13-15)25-30(27,28)18-10-8-17(9-11-18)24-22(26)14-29-21-6-4-3-5-19(21)23/h3-13,25H,14H2,1-2H3,(H,24,26). The fourth-order valence-corrected chi connectivity index (χ4v) is 4.07. The summed E-state index contributed by atoms with van der Waals surface area (Å²) in [4.78, 5) is 12.2. The fourth-order valence-electron chi connectivity index (χ4n) is 2.75. The molecule has 0 bridgehead atoms. The maximum atomic E-state index is 12.6. The number of halogens is 1. The number of carbonyl (C=O) groups excluding carboxylic acids is 1. The molecule has 0 spiro atoms. The Bertz CT molecular complexity index is 1160. The van der Waals surface area contributed by atoms with Gasteiger partial charge in [-0.2, -0.15) is 0 Å². The van der Waals surface area contributed by atoms with Gasteiger partial charge in [-0.1, -0.05) is 41.4 Å². The van der Waals surface area contributed by atoms with Crippen LogP contribution < -0.4 is 14.8 Å². The first-order valence-electron chi connectivity index (χ1n) is 9.12. The number of hydrogen-bond donors (Lipinski definition) is 2. The zero-order chi connectivity index (χ0) is 21.7. The van der Waals surface area contributed by atoms with Gasteiger partial charge >= 0.3 is 0 Å². The number of rotatable bonds is 7. The molecular formula is C22H21ClN2O4S. The molecule has 6 nitrogen and oxygen atoms in total. The Hall–Kier alpha value is -3.03. The monoisotopic (exact) mass is 444 g/mol. The first-order chi connectivity index (χ1) is 14.2. The number of anilines is 2. The fraction of sp³-hybridized carbons (Fsp3) is 0.136. The Labute approximate surface area is 180 Å². The van der Waals surface area contributed by atoms with Gasteiger partial charge in [0.25, 0.3) is 15.9 Å². The molecule has 0 aromatic heterocycles. The van der Waals surface area contributed by atoms with Crippen molar-refractivity contribution in [1.29, 1.82) is 0 Å².